The van der Waals surface area contributed by atoms with Crippen LogP contribution in [0.15, 0.2) is 41.0 Å². The summed E-state index contributed by atoms with van der Waals surface area (Å²) in [5.41, 5.74) is 7.82. The van der Waals surface area contributed by atoms with Crippen molar-refractivity contribution in [3.8, 4) is 5.75 Å². The van der Waals surface area contributed by atoms with Crippen LogP contribution in [0, 0.1) is 6.92 Å². The topological polar surface area (TPSA) is 51.4 Å². The van der Waals surface area contributed by atoms with Gasteiger partial charge in [0.2, 0.25) is 0 Å². The van der Waals surface area contributed by atoms with Gasteiger partial charge in [0.25, 0.3) is 0 Å². The van der Waals surface area contributed by atoms with Gasteiger partial charge in [-0.3, -0.25) is 0 Å². The molecule has 1 aromatic heterocycles. The summed E-state index contributed by atoms with van der Waals surface area (Å²) in [6.07, 6.45) is 2.71. The third-order valence-electron chi connectivity index (χ3n) is 3.27. The summed E-state index contributed by atoms with van der Waals surface area (Å²) in [6, 6.07) is 10.0. The number of nitrogens with two attached hydrogens (primary N) is 1. The number of hydrogen-bond acceptors (Lipinski definition) is 4. The molecule has 0 saturated carbocycles. The highest BCUT2D eigenvalue weighted by atomic mass is 79.9. The molecule has 0 saturated heterocycles. The number of para-hydroxylation sites is 2. The molecule has 1 aromatic carbocycles. The van der Waals surface area contributed by atoms with E-state index in [0.717, 1.165) is 40.3 Å². The minimum absolute atomic E-state index is 0.640. The minimum Gasteiger partial charge on any atom is -0.495 e. The highest BCUT2D eigenvalue weighted by Crippen LogP contribution is 2.33. The molecule has 0 aliphatic heterocycles. The van der Waals surface area contributed by atoms with Crippen LogP contribution in [0.1, 0.15) is 12.0 Å². The number of aromatic nitrogens is 1. The van der Waals surface area contributed by atoms with Crippen LogP contribution < -0.4 is 15.4 Å². The lowest BCUT2D eigenvalue weighted by Crippen LogP contribution is -2.22. The van der Waals surface area contributed by atoms with Gasteiger partial charge in [-0.05, 0) is 59.6 Å². The van der Waals surface area contributed by atoms with Crippen LogP contribution >= 0.6 is 15.9 Å². The Labute approximate surface area is 134 Å². The van der Waals surface area contributed by atoms with E-state index in [4.69, 9.17) is 10.5 Å². The van der Waals surface area contributed by atoms with Gasteiger partial charge in [0.15, 0.2) is 0 Å². The number of halogens is 1. The van der Waals surface area contributed by atoms with E-state index in [1.807, 2.05) is 30.5 Å². The van der Waals surface area contributed by atoms with Crippen molar-refractivity contribution in [1.29, 1.82) is 0 Å². The van der Waals surface area contributed by atoms with Crippen molar-refractivity contribution < 1.29 is 4.74 Å². The summed E-state index contributed by atoms with van der Waals surface area (Å²) in [5, 5.41) is 0. The minimum atomic E-state index is 0.640. The SMILES string of the molecule is COc1ccccc1N(CCCN)c1cc(C)c(Br)cn1. The van der Waals surface area contributed by atoms with Crippen molar-refractivity contribution in [2.24, 2.45) is 5.73 Å². The fourth-order valence-corrected chi connectivity index (χ4v) is 2.35. The number of rotatable bonds is 6. The normalized spacial score (nSPS) is 10.5. The van der Waals surface area contributed by atoms with Gasteiger partial charge in [-0.25, -0.2) is 4.98 Å². The first-order valence-electron chi connectivity index (χ1n) is 6.90. The van der Waals surface area contributed by atoms with Crippen molar-refractivity contribution >= 4 is 27.4 Å². The first-order valence-corrected chi connectivity index (χ1v) is 7.69. The Morgan fingerprint density at radius 2 is 2.10 bits per heavy atom. The summed E-state index contributed by atoms with van der Waals surface area (Å²) in [5.74, 6) is 1.73. The average Bonchev–Trinajstić information content (AvgIpc) is 2.51. The second kappa shape index (κ2) is 7.43. The zero-order valence-electron chi connectivity index (χ0n) is 12.3. The molecular weight excluding hydrogens is 330 g/mol. The maximum Gasteiger partial charge on any atom is 0.142 e. The monoisotopic (exact) mass is 349 g/mol. The van der Waals surface area contributed by atoms with Crippen LogP contribution in [0.25, 0.3) is 0 Å². The van der Waals surface area contributed by atoms with E-state index in [2.05, 4.69) is 38.8 Å². The summed E-state index contributed by atoms with van der Waals surface area (Å²) in [6.45, 7) is 3.49. The van der Waals surface area contributed by atoms with E-state index in [1.54, 1.807) is 7.11 Å². The number of aryl methyl sites for hydroxylation is 1. The summed E-state index contributed by atoms with van der Waals surface area (Å²) < 4.78 is 6.48. The summed E-state index contributed by atoms with van der Waals surface area (Å²) in [7, 11) is 1.68. The van der Waals surface area contributed by atoms with E-state index in [-0.39, 0.29) is 0 Å². The Balaban J connectivity index is 2.44. The van der Waals surface area contributed by atoms with E-state index in [0.29, 0.717) is 6.54 Å². The average molecular weight is 350 g/mol. The molecule has 0 radical (unpaired) electrons. The molecule has 0 aliphatic carbocycles. The van der Waals surface area contributed by atoms with Crippen LogP contribution in [-0.4, -0.2) is 25.2 Å². The highest BCUT2D eigenvalue weighted by Gasteiger charge is 2.15. The van der Waals surface area contributed by atoms with E-state index in [1.165, 1.54) is 0 Å². The maximum absolute atomic E-state index is 5.67. The van der Waals surface area contributed by atoms with Gasteiger partial charge in [-0.15, -0.1) is 0 Å². The lowest BCUT2D eigenvalue weighted by atomic mass is 10.2. The molecule has 2 rings (SSSR count). The first kappa shape index (κ1) is 15.8. The fourth-order valence-electron chi connectivity index (χ4n) is 2.13. The molecule has 2 aromatic rings. The quantitative estimate of drug-likeness (QED) is 0.864. The van der Waals surface area contributed by atoms with Gasteiger partial charge in [0, 0.05) is 17.2 Å². The number of methoxy groups -OCH3 is 1. The van der Waals surface area contributed by atoms with Crippen molar-refractivity contribution in [3.63, 3.8) is 0 Å². The summed E-state index contributed by atoms with van der Waals surface area (Å²) >= 11 is 3.49. The largest absolute Gasteiger partial charge is 0.495 e. The lowest BCUT2D eigenvalue weighted by Gasteiger charge is -2.26. The zero-order chi connectivity index (χ0) is 15.2. The second-order valence-electron chi connectivity index (χ2n) is 4.76. The molecule has 0 fully saturated rings. The molecule has 0 aliphatic rings. The van der Waals surface area contributed by atoms with E-state index >= 15 is 0 Å². The molecule has 2 N–H and O–H groups in total. The highest BCUT2D eigenvalue weighted by molar-refractivity contribution is 9.10. The summed E-state index contributed by atoms with van der Waals surface area (Å²) in [4.78, 5) is 6.67. The predicted octanol–water partition coefficient (Wildman–Crippen LogP) is 3.65. The van der Waals surface area contributed by atoms with Gasteiger partial charge in [0.1, 0.15) is 11.6 Å². The van der Waals surface area contributed by atoms with Crippen LogP contribution in [0.5, 0.6) is 5.75 Å². The molecule has 0 amide bonds. The van der Waals surface area contributed by atoms with Crippen LogP contribution in [-0.2, 0) is 0 Å². The Bertz CT molecular complexity index is 604. The second-order valence-corrected chi connectivity index (χ2v) is 5.61. The molecule has 0 atom stereocenters. The van der Waals surface area contributed by atoms with E-state index < -0.39 is 0 Å². The van der Waals surface area contributed by atoms with Gasteiger partial charge in [-0.1, -0.05) is 12.1 Å². The van der Waals surface area contributed by atoms with Crippen LogP contribution in [0.2, 0.25) is 0 Å². The molecule has 0 spiro atoms. The predicted molar refractivity (Wildman–Crippen MR) is 90.3 cm³/mol. The third kappa shape index (κ3) is 3.74. The van der Waals surface area contributed by atoms with Crippen LogP contribution in [0.3, 0.4) is 0 Å². The molecular formula is C16H20BrN3O. The van der Waals surface area contributed by atoms with Gasteiger partial charge in [-0.2, -0.15) is 0 Å². The first-order chi connectivity index (χ1) is 10.2. The Morgan fingerprint density at radius 1 is 1.33 bits per heavy atom. The molecule has 21 heavy (non-hydrogen) atoms. The van der Waals surface area contributed by atoms with Crippen molar-refractivity contribution in [2.45, 2.75) is 13.3 Å². The van der Waals surface area contributed by atoms with Gasteiger partial charge in [0.05, 0.1) is 12.8 Å². The third-order valence-corrected chi connectivity index (χ3v) is 4.10. The standard InChI is InChI=1S/C16H20BrN3O/c1-12-10-16(19-11-13(12)17)20(9-5-8-18)14-6-3-4-7-15(14)21-2/h3-4,6-7,10-11H,5,8-9,18H2,1-2H3. The number of benzene rings is 1. The van der Waals surface area contributed by atoms with Crippen LogP contribution in [0.4, 0.5) is 11.5 Å². The Hall–Kier alpha value is -1.59. The molecule has 0 unspecified atom stereocenters. The molecule has 1 heterocycles. The number of ether oxygens (including phenoxy) is 1. The Kier molecular flexibility index (Phi) is 5.59. The number of hydrogen-bond donors (Lipinski definition) is 1. The Morgan fingerprint density at radius 3 is 2.76 bits per heavy atom. The van der Waals surface area contributed by atoms with Gasteiger partial charge < -0.3 is 15.4 Å². The van der Waals surface area contributed by atoms with Gasteiger partial charge >= 0.3 is 0 Å². The van der Waals surface area contributed by atoms with Crippen molar-refractivity contribution in [1.82, 2.24) is 4.98 Å². The smallest absolute Gasteiger partial charge is 0.142 e. The van der Waals surface area contributed by atoms with Crippen molar-refractivity contribution in [3.05, 3.63) is 46.6 Å². The molecule has 112 valence electrons. The molecule has 4 nitrogen and oxygen atoms in total. The zero-order valence-corrected chi connectivity index (χ0v) is 13.9. The number of nitrogens with zero attached hydrogens (tertiary/aromatic N) is 2. The fraction of sp³-hybridized carbons (Fsp3) is 0.312. The lowest BCUT2D eigenvalue weighted by molar-refractivity contribution is 0.415. The van der Waals surface area contributed by atoms with E-state index in [9.17, 15) is 0 Å². The number of pyridine rings is 1. The van der Waals surface area contributed by atoms with Crippen molar-refractivity contribution in [2.75, 3.05) is 25.1 Å². The maximum atomic E-state index is 5.67. The number of anilines is 2. The molecule has 5 heteroatoms. The molecule has 0 bridgehead atoms.